The van der Waals surface area contributed by atoms with Gasteiger partial charge in [0.15, 0.2) is 17.1 Å². The minimum atomic E-state index is -1.84. The molecule has 1 atom stereocenters. The second kappa shape index (κ2) is 9.10. The smallest absolute Gasteiger partial charge is 0.264 e. The van der Waals surface area contributed by atoms with Gasteiger partial charge in [-0.25, -0.2) is 0 Å². The number of hydrogen-bond donors (Lipinski definition) is 1. The van der Waals surface area contributed by atoms with Crippen LogP contribution in [0.4, 0.5) is 5.69 Å². The zero-order valence-electron chi connectivity index (χ0n) is 18.9. The van der Waals surface area contributed by atoms with Gasteiger partial charge in [-0.2, -0.15) is 0 Å². The number of aliphatic hydroxyl groups is 1. The van der Waals surface area contributed by atoms with Gasteiger partial charge in [-0.15, -0.1) is 0 Å². The number of benzene rings is 2. The van der Waals surface area contributed by atoms with Crippen LogP contribution in [0, 0.1) is 12.8 Å². The molecule has 1 heterocycles. The summed E-state index contributed by atoms with van der Waals surface area (Å²) in [5.74, 6) is 1.07. The van der Waals surface area contributed by atoms with Gasteiger partial charge in [0, 0.05) is 12.0 Å². The molecule has 0 saturated carbocycles. The van der Waals surface area contributed by atoms with Crippen LogP contribution < -0.4 is 14.4 Å². The molecule has 0 bridgehead atoms. The lowest BCUT2D eigenvalue weighted by Crippen LogP contribution is -2.41. The van der Waals surface area contributed by atoms with Crippen LogP contribution in [-0.4, -0.2) is 30.5 Å². The summed E-state index contributed by atoms with van der Waals surface area (Å²) in [7, 11) is 1.58. The highest BCUT2D eigenvalue weighted by atomic mass is 16.5. The zero-order chi connectivity index (χ0) is 22.8. The molecule has 0 spiro atoms. The number of carbonyl (C=O) groups is 2. The summed E-state index contributed by atoms with van der Waals surface area (Å²) in [6.07, 6.45) is 0.697. The summed E-state index contributed by atoms with van der Waals surface area (Å²) in [5.41, 5.74) is 1.01. The number of Topliss-reactive ketones (excluding diaryl/α,β-unsaturated/α-hetero) is 1. The van der Waals surface area contributed by atoms with Crippen molar-refractivity contribution < 1.29 is 24.2 Å². The molecule has 6 heteroatoms. The van der Waals surface area contributed by atoms with E-state index >= 15 is 0 Å². The van der Waals surface area contributed by atoms with Crippen LogP contribution in [-0.2, 0) is 21.7 Å². The number of rotatable bonds is 9. The molecule has 1 unspecified atom stereocenters. The molecule has 0 radical (unpaired) electrons. The van der Waals surface area contributed by atoms with Crippen LogP contribution in [0.2, 0.25) is 0 Å². The van der Waals surface area contributed by atoms with E-state index in [4.69, 9.17) is 9.47 Å². The van der Waals surface area contributed by atoms with Crippen molar-refractivity contribution in [1.29, 1.82) is 0 Å². The predicted octanol–water partition coefficient (Wildman–Crippen LogP) is 4.14. The van der Waals surface area contributed by atoms with E-state index in [9.17, 15) is 14.7 Å². The molecule has 1 N–H and O–H groups in total. The van der Waals surface area contributed by atoms with E-state index in [-0.39, 0.29) is 18.7 Å². The molecule has 166 valence electrons. The molecule has 2 aromatic rings. The third-order valence-electron chi connectivity index (χ3n) is 5.58. The van der Waals surface area contributed by atoms with Gasteiger partial charge in [-0.05, 0) is 49.4 Å². The summed E-state index contributed by atoms with van der Waals surface area (Å²) in [5, 5.41) is 11.2. The second-order valence-electron chi connectivity index (χ2n) is 8.62. The molecule has 0 aromatic heterocycles. The average molecular weight is 426 g/mol. The first-order valence-corrected chi connectivity index (χ1v) is 10.6. The Balaban J connectivity index is 1.90. The van der Waals surface area contributed by atoms with Crippen LogP contribution in [0.25, 0.3) is 0 Å². The molecule has 1 amide bonds. The van der Waals surface area contributed by atoms with Gasteiger partial charge in [0.2, 0.25) is 0 Å². The molecule has 3 rings (SSSR count). The molecule has 0 aliphatic carbocycles. The minimum Gasteiger partial charge on any atom is -0.493 e. The van der Waals surface area contributed by atoms with Crippen molar-refractivity contribution in [1.82, 2.24) is 0 Å². The first kappa shape index (κ1) is 22.8. The topological polar surface area (TPSA) is 76.1 Å². The van der Waals surface area contributed by atoms with Crippen LogP contribution in [0.5, 0.6) is 11.5 Å². The van der Waals surface area contributed by atoms with Crippen molar-refractivity contribution in [3.05, 3.63) is 53.1 Å². The summed E-state index contributed by atoms with van der Waals surface area (Å²) < 4.78 is 11.4. The number of carbonyl (C=O) groups excluding carboxylic acids is 2. The number of anilines is 1. The van der Waals surface area contributed by atoms with Crippen molar-refractivity contribution >= 4 is 17.4 Å². The molecular weight excluding hydrogens is 394 g/mol. The normalized spacial score (nSPS) is 17.8. The first-order chi connectivity index (χ1) is 14.7. The molecule has 1 aliphatic rings. The Morgan fingerprint density at radius 1 is 1.19 bits per heavy atom. The van der Waals surface area contributed by atoms with Crippen LogP contribution >= 0.6 is 0 Å². The fraction of sp³-hybridized carbons (Fsp3) is 0.440. The van der Waals surface area contributed by atoms with Crippen molar-refractivity contribution in [2.45, 2.75) is 52.7 Å². The highest BCUT2D eigenvalue weighted by molar-refractivity contribution is 6.09. The van der Waals surface area contributed by atoms with Gasteiger partial charge < -0.3 is 19.5 Å². The number of amides is 1. The molecule has 0 saturated heterocycles. The quantitative estimate of drug-likeness (QED) is 0.653. The predicted molar refractivity (Wildman–Crippen MR) is 120 cm³/mol. The highest BCUT2D eigenvalue weighted by Crippen LogP contribution is 2.45. The first-order valence-electron chi connectivity index (χ1n) is 10.6. The van der Waals surface area contributed by atoms with Gasteiger partial charge in [0.05, 0.1) is 25.9 Å². The molecule has 1 aliphatic heterocycles. The number of fused-ring (bicyclic) bond motifs is 1. The lowest BCUT2D eigenvalue weighted by molar-refractivity contribution is -0.141. The van der Waals surface area contributed by atoms with Crippen molar-refractivity contribution in [3.63, 3.8) is 0 Å². The number of nitrogens with zero attached hydrogens (tertiary/aromatic N) is 1. The van der Waals surface area contributed by atoms with Crippen LogP contribution in [0.15, 0.2) is 36.4 Å². The number of aryl methyl sites for hydroxylation is 1. The van der Waals surface area contributed by atoms with E-state index in [0.29, 0.717) is 35.3 Å². The van der Waals surface area contributed by atoms with Gasteiger partial charge in [0.25, 0.3) is 5.91 Å². The third-order valence-corrected chi connectivity index (χ3v) is 5.58. The van der Waals surface area contributed by atoms with Crippen molar-refractivity contribution in [2.24, 2.45) is 5.92 Å². The molecule has 2 aromatic carbocycles. The summed E-state index contributed by atoms with van der Waals surface area (Å²) in [4.78, 5) is 26.6. The Labute approximate surface area is 183 Å². The van der Waals surface area contributed by atoms with Gasteiger partial charge in [-0.1, -0.05) is 38.1 Å². The molecular formula is C25H31NO5. The lowest BCUT2D eigenvalue weighted by Gasteiger charge is -2.23. The van der Waals surface area contributed by atoms with E-state index in [1.54, 1.807) is 24.1 Å². The maximum atomic E-state index is 13.3. The summed E-state index contributed by atoms with van der Waals surface area (Å²) in [6, 6.07) is 11.0. The van der Waals surface area contributed by atoms with Crippen LogP contribution in [0.1, 0.15) is 50.3 Å². The molecule has 0 fully saturated rings. The molecule has 31 heavy (non-hydrogen) atoms. The van der Waals surface area contributed by atoms with Gasteiger partial charge >= 0.3 is 0 Å². The molecule has 6 nitrogen and oxygen atoms in total. The number of hydrogen-bond acceptors (Lipinski definition) is 5. The Bertz CT molecular complexity index is 984. The van der Waals surface area contributed by atoms with E-state index in [0.717, 1.165) is 17.5 Å². The minimum absolute atomic E-state index is 0.241. The Morgan fingerprint density at radius 2 is 1.94 bits per heavy atom. The highest BCUT2D eigenvalue weighted by Gasteiger charge is 2.50. The monoisotopic (exact) mass is 425 g/mol. The second-order valence-corrected chi connectivity index (χ2v) is 8.62. The largest absolute Gasteiger partial charge is 0.493 e. The zero-order valence-corrected chi connectivity index (χ0v) is 18.9. The fourth-order valence-electron chi connectivity index (χ4n) is 3.99. The SMILES string of the molecule is COc1cc(CN2C(=O)C(O)(CC(C)=O)c3cccc(C)c32)ccc1OCCC(C)C. The third kappa shape index (κ3) is 4.59. The van der Waals surface area contributed by atoms with Gasteiger partial charge in [-0.3, -0.25) is 9.59 Å². The van der Waals surface area contributed by atoms with E-state index in [1.807, 2.05) is 31.2 Å². The fourth-order valence-corrected chi connectivity index (χ4v) is 3.99. The standard InChI is InChI=1S/C25H31NO5/c1-16(2)11-12-31-21-10-9-19(13-22(21)30-5)15-26-23-17(3)7-6-8-20(23)25(29,24(26)28)14-18(4)27/h6-10,13,16,29H,11-12,14-15H2,1-5H3. The summed E-state index contributed by atoms with van der Waals surface area (Å²) in [6.45, 7) is 8.41. The van der Waals surface area contributed by atoms with Gasteiger partial charge in [0.1, 0.15) is 5.78 Å². The van der Waals surface area contributed by atoms with E-state index in [2.05, 4.69) is 13.8 Å². The Kier molecular flexibility index (Phi) is 6.70. The number of ether oxygens (including phenoxy) is 2. The Morgan fingerprint density at radius 3 is 2.58 bits per heavy atom. The average Bonchev–Trinajstić information content (AvgIpc) is 2.91. The van der Waals surface area contributed by atoms with Crippen molar-refractivity contribution in [3.8, 4) is 11.5 Å². The summed E-state index contributed by atoms with van der Waals surface area (Å²) >= 11 is 0. The maximum Gasteiger partial charge on any atom is 0.264 e. The maximum absolute atomic E-state index is 13.3. The number of para-hydroxylation sites is 1. The van der Waals surface area contributed by atoms with Crippen LogP contribution in [0.3, 0.4) is 0 Å². The van der Waals surface area contributed by atoms with E-state index in [1.165, 1.54) is 6.92 Å². The number of methoxy groups -OCH3 is 1. The van der Waals surface area contributed by atoms with Crippen molar-refractivity contribution in [2.75, 3.05) is 18.6 Å². The van der Waals surface area contributed by atoms with E-state index < -0.39 is 11.5 Å². The Hall–Kier alpha value is -2.86. The lowest BCUT2D eigenvalue weighted by atomic mass is 9.89. The number of ketones is 1.